The average Bonchev–Trinajstić information content (AvgIpc) is 2.91. The van der Waals surface area contributed by atoms with Gasteiger partial charge in [-0.15, -0.1) is 11.3 Å². The zero-order valence-corrected chi connectivity index (χ0v) is 13.5. The molecule has 0 aliphatic carbocycles. The van der Waals surface area contributed by atoms with E-state index in [1.54, 1.807) is 23.7 Å². The van der Waals surface area contributed by atoms with Crippen LogP contribution in [-0.2, 0) is 4.84 Å². The van der Waals surface area contributed by atoms with E-state index in [9.17, 15) is 0 Å². The summed E-state index contributed by atoms with van der Waals surface area (Å²) in [5, 5.41) is 4.79. The van der Waals surface area contributed by atoms with E-state index in [1.165, 1.54) is 7.11 Å². The van der Waals surface area contributed by atoms with E-state index in [1.807, 2.05) is 36.5 Å². The summed E-state index contributed by atoms with van der Waals surface area (Å²) in [7, 11) is 1.52. The molecule has 1 aromatic carbocycles. The van der Waals surface area contributed by atoms with E-state index in [0.29, 0.717) is 0 Å². The van der Waals surface area contributed by atoms with Crippen LogP contribution in [0.5, 0.6) is 11.5 Å². The number of hydrogen-bond donors (Lipinski definition) is 0. The monoisotopic (exact) mass is 362 g/mol. The second-order valence-corrected chi connectivity index (χ2v) is 6.20. The molecule has 21 heavy (non-hydrogen) atoms. The Labute approximate surface area is 134 Å². The summed E-state index contributed by atoms with van der Waals surface area (Å²) < 4.78 is 7.97. The maximum absolute atomic E-state index is 5.91. The third kappa shape index (κ3) is 3.22. The molecule has 0 atom stereocenters. The van der Waals surface area contributed by atoms with Gasteiger partial charge in [-0.25, -0.2) is 0 Å². The summed E-state index contributed by atoms with van der Waals surface area (Å²) in [5.74, 6) is 1.49. The number of thiophene rings is 1. The number of halogens is 1. The predicted molar refractivity (Wildman–Crippen MR) is 88.4 cm³/mol. The molecule has 0 N–H and O–H groups in total. The molecule has 0 spiro atoms. The Morgan fingerprint density at radius 1 is 1.24 bits per heavy atom. The molecule has 0 saturated carbocycles. The van der Waals surface area contributed by atoms with E-state index >= 15 is 0 Å². The van der Waals surface area contributed by atoms with Gasteiger partial charge in [-0.2, -0.15) is 0 Å². The van der Waals surface area contributed by atoms with Gasteiger partial charge in [0.1, 0.15) is 12.9 Å². The number of oxime groups is 1. The lowest BCUT2D eigenvalue weighted by molar-refractivity contribution is 0.215. The number of nitrogens with zero attached hydrogens (tertiary/aromatic N) is 2. The molecule has 106 valence electrons. The van der Waals surface area contributed by atoms with Crippen LogP contribution in [0.4, 0.5) is 0 Å². The van der Waals surface area contributed by atoms with E-state index < -0.39 is 0 Å². The quantitative estimate of drug-likeness (QED) is 0.493. The summed E-state index contributed by atoms with van der Waals surface area (Å²) in [6, 6.07) is 9.70. The Morgan fingerprint density at radius 3 is 2.81 bits per heavy atom. The molecule has 4 nitrogen and oxygen atoms in total. The first-order chi connectivity index (χ1) is 10.3. The first kappa shape index (κ1) is 14.0. The third-order valence-corrected chi connectivity index (χ3v) is 4.29. The lowest BCUT2D eigenvalue weighted by atomic mass is 10.3. The highest BCUT2D eigenvalue weighted by atomic mass is 79.9. The van der Waals surface area contributed by atoms with Crippen LogP contribution in [0, 0.1) is 0 Å². The van der Waals surface area contributed by atoms with Crippen molar-refractivity contribution in [1.29, 1.82) is 0 Å². The van der Waals surface area contributed by atoms with Crippen LogP contribution in [-0.4, -0.2) is 18.3 Å². The molecule has 6 heteroatoms. The van der Waals surface area contributed by atoms with E-state index in [2.05, 4.69) is 26.1 Å². The van der Waals surface area contributed by atoms with E-state index in [0.717, 1.165) is 30.9 Å². The van der Waals surface area contributed by atoms with Crippen LogP contribution < -0.4 is 4.74 Å². The summed E-state index contributed by atoms with van der Waals surface area (Å²) in [6.45, 7) is 0. The highest BCUT2D eigenvalue weighted by Gasteiger charge is 2.08. The predicted octanol–water partition coefficient (Wildman–Crippen LogP) is 4.83. The molecule has 0 fully saturated rings. The van der Waals surface area contributed by atoms with Gasteiger partial charge in [-0.3, -0.25) is 4.98 Å². The van der Waals surface area contributed by atoms with Crippen molar-refractivity contribution in [1.82, 2.24) is 4.98 Å². The molecule has 3 aromatic rings. The molecule has 2 heterocycles. The van der Waals surface area contributed by atoms with E-state index in [4.69, 9.17) is 9.57 Å². The second kappa shape index (κ2) is 6.24. The van der Waals surface area contributed by atoms with Gasteiger partial charge >= 0.3 is 0 Å². The van der Waals surface area contributed by atoms with Crippen molar-refractivity contribution in [3.05, 3.63) is 52.1 Å². The molecule has 0 bridgehead atoms. The van der Waals surface area contributed by atoms with Crippen molar-refractivity contribution in [2.24, 2.45) is 5.16 Å². The second-order valence-electron chi connectivity index (χ2n) is 4.17. The summed E-state index contributed by atoms with van der Waals surface area (Å²) >= 11 is 4.99. The molecule has 3 rings (SSSR count). The maximum Gasteiger partial charge on any atom is 0.154 e. The molecule has 0 unspecified atom stereocenters. The topological polar surface area (TPSA) is 43.7 Å². The largest absolute Gasteiger partial charge is 0.455 e. The molecule has 2 aromatic heterocycles. The van der Waals surface area contributed by atoms with Crippen molar-refractivity contribution in [3.63, 3.8) is 0 Å². The lowest BCUT2D eigenvalue weighted by Gasteiger charge is -2.06. The molecule has 0 saturated heterocycles. The van der Waals surface area contributed by atoms with Gasteiger partial charge in [0, 0.05) is 16.1 Å². The number of aromatic nitrogens is 1. The summed E-state index contributed by atoms with van der Waals surface area (Å²) in [5.41, 5.74) is 0. The average molecular weight is 363 g/mol. The fraction of sp³-hybridized carbons (Fsp3) is 0.0667. The van der Waals surface area contributed by atoms with Crippen LogP contribution in [0.25, 0.3) is 10.1 Å². The smallest absolute Gasteiger partial charge is 0.154 e. The van der Waals surface area contributed by atoms with Crippen molar-refractivity contribution in [2.45, 2.75) is 0 Å². The highest BCUT2D eigenvalue weighted by Crippen LogP contribution is 2.34. The zero-order valence-electron chi connectivity index (χ0n) is 11.1. The summed E-state index contributed by atoms with van der Waals surface area (Å²) in [4.78, 5) is 9.91. The van der Waals surface area contributed by atoms with Gasteiger partial charge in [0.15, 0.2) is 5.75 Å². The number of rotatable bonds is 4. The number of benzene rings is 1. The standard InChI is InChI=1S/C15H11BrN2O2S/c1-19-18-7-12-6-13-14(8-17-9-15(13)21-12)20-11-4-2-10(16)3-5-11/h2-9H,1H3/b18-7-. The fourth-order valence-electron chi connectivity index (χ4n) is 1.83. The maximum atomic E-state index is 5.91. The van der Waals surface area contributed by atoms with Gasteiger partial charge in [-0.1, -0.05) is 21.1 Å². The minimum absolute atomic E-state index is 0.725. The highest BCUT2D eigenvalue weighted by molar-refractivity contribution is 9.10. The van der Waals surface area contributed by atoms with Crippen molar-refractivity contribution >= 4 is 43.6 Å². The number of hydrogen-bond acceptors (Lipinski definition) is 5. The Hall–Kier alpha value is -1.92. The van der Waals surface area contributed by atoms with Crippen LogP contribution in [0.2, 0.25) is 0 Å². The first-order valence-electron chi connectivity index (χ1n) is 6.14. The van der Waals surface area contributed by atoms with Gasteiger partial charge in [0.2, 0.25) is 0 Å². The minimum Gasteiger partial charge on any atom is -0.455 e. The van der Waals surface area contributed by atoms with Gasteiger partial charge < -0.3 is 9.57 Å². The number of ether oxygens (including phenoxy) is 1. The van der Waals surface area contributed by atoms with Gasteiger partial charge in [0.25, 0.3) is 0 Å². The molecular weight excluding hydrogens is 352 g/mol. The van der Waals surface area contributed by atoms with Crippen LogP contribution >= 0.6 is 27.3 Å². The van der Waals surface area contributed by atoms with Crippen molar-refractivity contribution < 1.29 is 9.57 Å². The third-order valence-electron chi connectivity index (χ3n) is 2.76. The lowest BCUT2D eigenvalue weighted by Crippen LogP contribution is -1.85. The Balaban J connectivity index is 1.96. The molecule has 0 radical (unpaired) electrons. The SMILES string of the molecule is CO/N=C\c1cc2c(Oc3ccc(Br)cc3)cncc2s1. The number of fused-ring (bicyclic) bond motifs is 1. The fourth-order valence-corrected chi connectivity index (χ4v) is 3.01. The Morgan fingerprint density at radius 2 is 2.05 bits per heavy atom. The van der Waals surface area contributed by atoms with Gasteiger partial charge in [-0.05, 0) is 30.3 Å². The molecule has 0 aliphatic rings. The van der Waals surface area contributed by atoms with Crippen LogP contribution in [0.1, 0.15) is 4.88 Å². The van der Waals surface area contributed by atoms with Crippen molar-refractivity contribution in [2.75, 3.05) is 7.11 Å². The Kier molecular flexibility index (Phi) is 4.17. The summed E-state index contributed by atoms with van der Waals surface area (Å²) in [6.07, 6.45) is 5.21. The van der Waals surface area contributed by atoms with Crippen LogP contribution in [0.3, 0.4) is 0 Å². The number of pyridine rings is 1. The normalized spacial score (nSPS) is 11.1. The van der Waals surface area contributed by atoms with Crippen LogP contribution in [0.15, 0.2) is 52.4 Å². The molecular formula is C15H11BrN2O2S. The minimum atomic E-state index is 0.725. The van der Waals surface area contributed by atoms with E-state index in [-0.39, 0.29) is 0 Å². The zero-order chi connectivity index (χ0) is 14.7. The van der Waals surface area contributed by atoms with Crippen molar-refractivity contribution in [3.8, 4) is 11.5 Å². The first-order valence-corrected chi connectivity index (χ1v) is 7.75. The molecule has 0 amide bonds. The Bertz CT molecular complexity index is 784. The molecule has 0 aliphatic heterocycles. The van der Waals surface area contributed by atoms with Gasteiger partial charge in [0.05, 0.1) is 22.0 Å².